The van der Waals surface area contributed by atoms with E-state index in [1.807, 2.05) is 24.4 Å². The number of hydrogen-bond acceptors (Lipinski definition) is 8. The number of carbonyl (C=O) groups excluding carboxylic acids is 2. The number of furan rings is 1. The Labute approximate surface area is 164 Å². The molecule has 27 heavy (non-hydrogen) atoms. The number of nitrogens with zero attached hydrogens (tertiary/aromatic N) is 1. The predicted octanol–water partition coefficient (Wildman–Crippen LogP) is 4.48. The van der Waals surface area contributed by atoms with Crippen molar-refractivity contribution in [3.05, 3.63) is 70.1 Å². The number of aryl methyl sites for hydroxylation is 1. The second-order valence-corrected chi connectivity index (χ2v) is 7.61. The zero-order valence-corrected chi connectivity index (χ0v) is 16.4. The van der Waals surface area contributed by atoms with E-state index in [9.17, 15) is 9.59 Å². The number of rotatable bonds is 7. The number of benzene rings is 1. The minimum Gasteiger partial charge on any atom is -0.463 e. The fourth-order valence-corrected chi connectivity index (χ4v) is 4.12. The summed E-state index contributed by atoms with van der Waals surface area (Å²) >= 11 is 3.16. The Morgan fingerprint density at radius 3 is 2.74 bits per heavy atom. The van der Waals surface area contributed by atoms with Gasteiger partial charge in [-0.05, 0) is 30.7 Å². The van der Waals surface area contributed by atoms with Gasteiger partial charge in [0.05, 0.1) is 12.7 Å². The summed E-state index contributed by atoms with van der Waals surface area (Å²) < 4.78 is 16.2. The van der Waals surface area contributed by atoms with Crippen molar-refractivity contribution in [3.8, 4) is 0 Å². The maximum Gasteiger partial charge on any atom is 0.373 e. The predicted molar refractivity (Wildman–Crippen MR) is 102 cm³/mol. The summed E-state index contributed by atoms with van der Waals surface area (Å²) in [6.07, 6.45) is 0. The van der Waals surface area contributed by atoms with Crippen LogP contribution >= 0.6 is 23.1 Å². The second kappa shape index (κ2) is 8.88. The van der Waals surface area contributed by atoms with Crippen molar-refractivity contribution in [1.29, 1.82) is 0 Å². The summed E-state index contributed by atoms with van der Waals surface area (Å²) in [5.74, 6) is 0.0312. The summed E-state index contributed by atoms with van der Waals surface area (Å²) in [4.78, 5) is 28.3. The summed E-state index contributed by atoms with van der Waals surface area (Å²) in [6, 6.07) is 10.4. The summed E-state index contributed by atoms with van der Waals surface area (Å²) in [5.41, 5.74) is 2.35. The summed E-state index contributed by atoms with van der Waals surface area (Å²) in [6.45, 7) is 1.88. The van der Waals surface area contributed by atoms with Crippen molar-refractivity contribution in [2.45, 2.75) is 23.6 Å². The number of carbonyl (C=O) groups is 2. The average molecular weight is 403 g/mol. The van der Waals surface area contributed by atoms with Crippen molar-refractivity contribution < 1.29 is 23.5 Å². The van der Waals surface area contributed by atoms with E-state index in [4.69, 9.17) is 9.15 Å². The molecule has 2 aromatic heterocycles. The van der Waals surface area contributed by atoms with Crippen LogP contribution in [-0.4, -0.2) is 24.0 Å². The van der Waals surface area contributed by atoms with E-state index >= 15 is 0 Å². The molecule has 0 atom stereocenters. The number of methoxy groups -OCH3 is 1. The highest BCUT2D eigenvalue weighted by Gasteiger charge is 2.16. The molecular formula is C19H17NO5S2. The maximum absolute atomic E-state index is 12.5. The van der Waals surface area contributed by atoms with Crippen molar-refractivity contribution in [3.63, 3.8) is 0 Å². The lowest BCUT2D eigenvalue weighted by molar-refractivity contribution is 0.0437. The molecule has 0 aliphatic carbocycles. The van der Waals surface area contributed by atoms with Crippen molar-refractivity contribution in [2.24, 2.45) is 0 Å². The van der Waals surface area contributed by atoms with Crippen LogP contribution in [-0.2, 0) is 21.8 Å². The topological polar surface area (TPSA) is 78.6 Å². The van der Waals surface area contributed by atoms with Gasteiger partial charge in [-0.1, -0.05) is 30.0 Å². The first-order valence-corrected chi connectivity index (χ1v) is 9.90. The first kappa shape index (κ1) is 19.2. The molecule has 0 radical (unpaired) electrons. The highest BCUT2D eigenvalue weighted by atomic mass is 32.2. The molecule has 0 aliphatic rings. The van der Waals surface area contributed by atoms with Crippen LogP contribution in [0.5, 0.6) is 0 Å². The molecule has 0 unspecified atom stereocenters. The highest BCUT2D eigenvalue weighted by molar-refractivity contribution is 8.00. The Morgan fingerprint density at radius 2 is 2.00 bits per heavy atom. The molecule has 0 saturated heterocycles. The Kier molecular flexibility index (Phi) is 6.31. The Morgan fingerprint density at radius 1 is 1.19 bits per heavy atom. The third-order valence-electron chi connectivity index (χ3n) is 3.58. The molecule has 1 aromatic carbocycles. The van der Waals surface area contributed by atoms with Gasteiger partial charge in [0.2, 0.25) is 5.76 Å². The van der Waals surface area contributed by atoms with E-state index in [2.05, 4.69) is 9.72 Å². The summed E-state index contributed by atoms with van der Waals surface area (Å²) in [7, 11) is 1.27. The van der Waals surface area contributed by atoms with Crippen molar-refractivity contribution >= 4 is 35.0 Å². The highest BCUT2D eigenvalue weighted by Crippen LogP contribution is 2.27. The molecule has 0 amide bonds. The first-order chi connectivity index (χ1) is 13.1. The van der Waals surface area contributed by atoms with Gasteiger partial charge in [0, 0.05) is 16.8 Å². The van der Waals surface area contributed by atoms with Gasteiger partial charge in [-0.15, -0.1) is 11.3 Å². The normalized spacial score (nSPS) is 10.6. The lowest BCUT2D eigenvalue weighted by Crippen LogP contribution is -2.08. The first-order valence-electron chi connectivity index (χ1n) is 8.04. The van der Waals surface area contributed by atoms with Crippen LogP contribution in [0, 0.1) is 6.92 Å². The Hall–Kier alpha value is -2.58. The number of ether oxygens (including phenoxy) is 2. The fraction of sp³-hybridized carbons (Fsp3) is 0.211. The van der Waals surface area contributed by atoms with E-state index in [-0.39, 0.29) is 12.4 Å². The lowest BCUT2D eigenvalue weighted by Gasteiger charge is -2.08. The standard InChI is InChI=1S/C19H17NO5S2/c1-12-10-26-19(20-12)27-11-13-5-3-4-6-15(13)17(21)24-9-14-7-8-16(25-14)18(22)23-2/h3-8,10H,9,11H2,1-2H3. The quantitative estimate of drug-likeness (QED) is 0.425. The van der Waals surface area contributed by atoms with Gasteiger partial charge in [-0.3, -0.25) is 0 Å². The van der Waals surface area contributed by atoms with Crippen LogP contribution in [0.1, 0.15) is 37.9 Å². The van der Waals surface area contributed by atoms with Gasteiger partial charge in [-0.25, -0.2) is 14.6 Å². The average Bonchev–Trinajstić information content (AvgIpc) is 3.33. The van der Waals surface area contributed by atoms with Crippen molar-refractivity contribution in [2.75, 3.05) is 7.11 Å². The molecule has 0 fully saturated rings. The molecule has 8 heteroatoms. The van der Waals surface area contributed by atoms with E-state index in [0.717, 1.165) is 15.6 Å². The third-order valence-corrected chi connectivity index (χ3v) is 5.77. The molecule has 0 N–H and O–H groups in total. The molecular weight excluding hydrogens is 386 g/mol. The van der Waals surface area contributed by atoms with E-state index in [1.54, 1.807) is 41.3 Å². The molecule has 0 spiro atoms. The van der Waals surface area contributed by atoms with Gasteiger partial charge in [0.15, 0.2) is 0 Å². The van der Waals surface area contributed by atoms with Gasteiger partial charge in [-0.2, -0.15) is 0 Å². The molecule has 2 heterocycles. The number of thiazole rings is 1. The smallest absolute Gasteiger partial charge is 0.373 e. The number of thioether (sulfide) groups is 1. The van der Waals surface area contributed by atoms with Crippen LogP contribution in [0.15, 0.2) is 50.5 Å². The molecule has 0 saturated carbocycles. The van der Waals surface area contributed by atoms with Gasteiger partial charge >= 0.3 is 11.9 Å². The number of esters is 2. The van der Waals surface area contributed by atoms with Gasteiger partial charge < -0.3 is 13.9 Å². The minimum atomic E-state index is -0.577. The largest absolute Gasteiger partial charge is 0.463 e. The monoisotopic (exact) mass is 403 g/mol. The third kappa shape index (κ3) is 4.99. The van der Waals surface area contributed by atoms with Crippen LogP contribution in [0.2, 0.25) is 0 Å². The lowest BCUT2D eigenvalue weighted by atomic mass is 10.1. The molecule has 6 nitrogen and oxygen atoms in total. The zero-order chi connectivity index (χ0) is 19.2. The molecule has 3 aromatic rings. The minimum absolute atomic E-state index is 0.0665. The van der Waals surface area contributed by atoms with Gasteiger partial charge in [0.25, 0.3) is 0 Å². The van der Waals surface area contributed by atoms with E-state index in [0.29, 0.717) is 17.1 Å². The molecule has 140 valence electrons. The molecule has 0 aliphatic heterocycles. The van der Waals surface area contributed by atoms with Crippen LogP contribution < -0.4 is 0 Å². The van der Waals surface area contributed by atoms with E-state index in [1.165, 1.54) is 13.2 Å². The molecule has 0 bridgehead atoms. The van der Waals surface area contributed by atoms with Crippen LogP contribution in [0.4, 0.5) is 0 Å². The number of aromatic nitrogens is 1. The Bertz CT molecular complexity index is 947. The SMILES string of the molecule is COC(=O)c1ccc(COC(=O)c2ccccc2CSc2nc(C)cs2)o1. The number of hydrogen-bond donors (Lipinski definition) is 0. The van der Waals surface area contributed by atoms with Crippen LogP contribution in [0.25, 0.3) is 0 Å². The van der Waals surface area contributed by atoms with Crippen molar-refractivity contribution in [1.82, 2.24) is 4.98 Å². The maximum atomic E-state index is 12.5. The van der Waals surface area contributed by atoms with E-state index < -0.39 is 11.9 Å². The molecule has 3 rings (SSSR count). The second-order valence-electron chi connectivity index (χ2n) is 5.53. The fourth-order valence-electron chi connectivity index (χ4n) is 2.26. The zero-order valence-electron chi connectivity index (χ0n) is 14.8. The van der Waals surface area contributed by atoms with Crippen LogP contribution in [0.3, 0.4) is 0 Å². The Balaban J connectivity index is 1.62. The van der Waals surface area contributed by atoms with Gasteiger partial charge in [0.1, 0.15) is 16.7 Å². The summed E-state index contributed by atoms with van der Waals surface area (Å²) in [5, 5.41) is 1.99.